The van der Waals surface area contributed by atoms with Gasteiger partial charge in [0.1, 0.15) is 5.75 Å². The van der Waals surface area contributed by atoms with Crippen LogP contribution < -0.4 is 15.4 Å². The third-order valence-electron chi connectivity index (χ3n) is 4.07. The van der Waals surface area contributed by atoms with E-state index in [0.717, 1.165) is 22.4 Å². The monoisotopic (exact) mass is 324 g/mol. The second kappa shape index (κ2) is 6.35. The highest BCUT2D eigenvalue weighted by atomic mass is 16.5. The van der Waals surface area contributed by atoms with Gasteiger partial charge in [0, 0.05) is 5.69 Å². The fourth-order valence-electron chi connectivity index (χ4n) is 2.77. The van der Waals surface area contributed by atoms with Gasteiger partial charge in [0.15, 0.2) is 6.10 Å². The average Bonchev–Trinajstić information content (AvgIpc) is 2.52. The smallest absolute Gasteiger partial charge is 0.266 e. The Morgan fingerprint density at radius 3 is 2.58 bits per heavy atom. The van der Waals surface area contributed by atoms with E-state index in [0.29, 0.717) is 11.4 Å². The van der Waals surface area contributed by atoms with Crippen molar-refractivity contribution < 1.29 is 14.3 Å². The summed E-state index contributed by atoms with van der Waals surface area (Å²) in [6, 6.07) is 11.4. The molecule has 0 radical (unpaired) electrons. The Labute approximate surface area is 141 Å². The van der Waals surface area contributed by atoms with Crippen LogP contribution in [0, 0.1) is 20.8 Å². The van der Waals surface area contributed by atoms with E-state index in [4.69, 9.17) is 4.74 Å². The van der Waals surface area contributed by atoms with Gasteiger partial charge >= 0.3 is 0 Å². The van der Waals surface area contributed by atoms with Crippen molar-refractivity contribution in [2.45, 2.75) is 33.3 Å². The SMILES string of the molecule is Cc1ccc2c(c1)NC(=O)[C@H](CC(=O)Nc1c(C)cccc1C)O2. The molecule has 1 atom stereocenters. The van der Waals surface area contributed by atoms with Crippen LogP contribution in [0.15, 0.2) is 36.4 Å². The second-order valence-electron chi connectivity index (χ2n) is 6.11. The number of benzene rings is 2. The summed E-state index contributed by atoms with van der Waals surface area (Å²) in [7, 11) is 0. The van der Waals surface area contributed by atoms with Gasteiger partial charge in [-0.1, -0.05) is 24.3 Å². The molecule has 1 aliphatic rings. The summed E-state index contributed by atoms with van der Waals surface area (Å²) in [6.45, 7) is 5.81. The number of para-hydroxylation sites is 1. The molecule has 124 valence electrons. The predicted octanol–water partition coefficient (Wildman–Crippen LogP) is 3.34. The van der Waals surface area contributed by atoms with Crippen molar-refractivity contribution in [3.63, 3.8) is 0 Å². The van der Waals surface area contributed by atoms with Gasteiger partial charge in [-0.3, -0.25) is 9.59 Å². The summed E-state index contributed by atoms with van der Waals surface area (Å²) >= 11 is 0. The predicted molar refractivity (Wildman–Crippen MR) is 93.4 cm³/mol. The first-order valence-corrected chi connectivity index (χ1v) is 7.88. The van der Waals surface area contributed by atoms with E-state index in [-0.39, 0.29) is 18.2 Å². The number of aryl methyl sites for hydroxylation is 3. The number of carbonyl (C=O) groups is 2. The van der Waals surface area contributed by atoms with E-state index in [9.17, 15) is 9.59 Å². The molecule has 1 aliphatic heterocycles. The molecule has 0 saturated carbocycles. The molecule has 0 unspecified atom stereocenters. The molecule has 24 heavy (non-hydrogen) atoms. The molecular weight excluding hydrogens is 304 g/mol. The van der Waals surface area contributed by atoms with Crippen LogP contribution in [0.4, 0.5) is 11.4 Å². The third-order valence-corrected chi connectivity index (χ3v) is 4.07. The van der Waals surface area contributed by atoms with E-state index in [1.165, 1.54) is 0 Å². The van der Waals surface area contributed by atoms with E-state index in [2.05, 4.69) is 10.6 Å². The molecule has 5 heteroatoms. The fraction of sp³-hybridized carbons (Fsp3) is 0.263. The maximum atomic E-state index is 12.3. The second-order valence-corrected chi connectivity index (χ2v) is 6.11. The molecular formula is C19H20N2O3. The number of rotatable bonds is 3. The quantitative estimate of drug-likeness (QED) is 0.910. The van der Waals surface area contributed by atoms with Crippen LogP contribution >= 0.6 is 0 Å². The van der Waals surface area contributed by atoms with E-state index in [1.54, 1.807) is 6.07 Å². The summed E-state index contributed by atoms with van der Waals surface area (Å²) < 4.78 is 5.70. The first-order valence-electron chi connectivity index (χ1n) is 7.88. The van der Waals surface area contributed by atoms with Crippen molar-refractivity contribution in [2.75, 3.05) is 10.6 Å². The Bertz CT molecular complexity index is 794. The standard InChI is InChI=1S/C19H20N2O3/c1-11-7-8-15-14(9-11)20-19(23)16(24-15)10-17(22)21-18-12(2)5-4-6-13(18)3/h4-9,16H,10H2,1-3H3,(H,20,23)(H,21,22)/t16-/m0/s1. The molecule has 1 heterocycles. The lowest BCUT2D eigenvalue weighted by molar-refractivity contribution is -0.128. The van der Waals surface area contributed by atoms with Crippen LogP contribution in [-0.2, 0) is 9.59 Å². The van der Waals surface area contributed by atoms with E-state index in [1.807, 2.05) is 51.1 Å². The van der Waals surface area contributed by atoms with Crippen molar-refractivity contribution in [3.8, 4) is 5.75 Å². The van der Waals surface area contributed by atoms with Crippen molar-refractivity contribution in [2.24, 2.45) is 0 Å². The number of fused-ring (bicyclic) bond motifs is 1. The van der Waals surface area contributed by atoms with Crippen molar-refractivity contribution in [1.82, 2.24) is 0 Å². The summed E-state index contributed by atoms with van der Waals surface area (Å²) in [4.78, 5) is 24.5. The maximum absolute atomic E-state index is 12.3. The minimum absolute atomic E-state index is 0.0348. The van der Waals surface area contributed by atoms with Crippen LogP contribution in [0.5, 0.6) is 5.75 Å². The minimum atomic E-state index is -0.829. The van der Waals surface area contributed by atoms with Gasteiger partial charge in [-0.15, -0.1) is 0 Å². The Morgan fingerprint density at radius 2 is 1.88 bits per heavy atom. The zero-order chi connectivity index (χ0) is 17.3. The lowest BCUT2D eigenvalue weighted by atomic mass is 10.1. The molecule has 5 nitrogen and oxygen atoms in total. The van der Waals surface area contributed by atoms with E-state index >= 15 is 0 Å². The summed E-state index contributed by atoms with van der Waals surface area (Å²) in [6.07, 6.45) is -0.864. The normalized spacial score (nSPS) is 16.0. The van der Waals surface area contributed by atoms with Gasteiger partial charge in [0.25, 0.3) is 5.91 Å². The zero-order valence-corrected chi connectivity index (χ0v) is 14.0. The summed E-state index contributed by atoms with van der Waals surface area (Å²) in [5.41, 5.74) is 4.43. The summed E-state index contributed by atoms with van der Waals surface area (Å²) in [5, 5.41) is 5.68. The maximum Gasteiger partial charge on any atom is 0.266 e. The van der Waals surface area contributed by atoms with Crippen LogP contribution in [-0.4, -0.2) is 17.9 Å². The van der Waals surface area contributed by atoms with Gasteiger partial charge in [-0.2, -0.15) is 0 Å². The molecule has 0 bridgehead atoms. The molecule has 2 aromatic carbocycles. The molecule has 0 aliphatic carbocycles. The first kappa shape index (κ1) is 16.1. The Morgan fingerprint density at radius 1 is 1.17 bits per heavy atom. The van der Waals surface area contributed by atoms with Crippen molar-refractivity contribution >= 4 is 23.2 Å². The molecule has 0 spiro atoms. The number of carbonyl (C=O) groups excluding carboxylic acids is 2. The Kier molecular flexibility index (Phi) is 4.25. The van der Waals surface area contributed by atoms with Gasteiger partial charge in [0.2, 0.25) is 5.91 Å². The first-order chi connectivity index (χ1) is 11.4. The number of ether oxygens (including phenoxy) is 1. The average molecular weight is 324 g/mol. The van der Waals surface area contributed by atoms with Crippen molar-refractivity contribution in [3.05, 3.63) is 53.1 Å². The van der Waals surface area contributed by atoms with Gasteiger partial charge in [-0.25, -0.2) is 0 Å². The lowest BCUT2D eigenvalue weighted by Crippen LogP contribution is -2.39. The van der Waals surface area contributed by atoms with Crippen LogP contribution in [0.3, 0.4) is 0 Å². The van der Waals surface area contributed by atoms with Crippen molar-refractivity contribution in [1.29, 1.82) is 0 Å². The molecule has 0 fully saturated rings. The number of hydrogen-bond acceptors (Lipinski definition) is 3. The molecule has 3 rings (SSSR count). The number of hydrogen-bond donors (Lipinski definition) is 2. The molecule has 2 aromatic rings. The Hall–Kier alpha value is -2.82. The van der Waals surface area contributed by atoms with Gasteiger partial charge in [0.05, 0.1) is 12.1 Å². The molecule has 2 N–H and O–H groups in total. The topological polar surface area (TPSA) is 67.4 Å². The van der Waals surface area contributed by atoms with Crippen LogP contribution in [0.2, 0.25) is 0 Å². The highest BCUT2D eigenvalue weighted by molar-refractivity contribution is 6.02. The number of amides is 2. The van der Waals surface area contributed by atoms with Crippen LogP contribution in [0.25, 0.3) is 0 Å². The number of anilines is 2. The fourth-order valence-corrected chi connectivity index (χ4v) is 2.77. The van der Waals surface area contributed by atoms with E-state index < -0.39 is 6.10 Å². The largest absolute Gasteiger partial charge is 0.478 e. The molecule has 0 aromatic heterocycles. The van der Waals surface area contributed by atoms with Gasteiger partial charge < -0.3 is 15.4 Å². The summed E-state index contributed by atoms with van der Waals surface area (Å²) in [5.74, 6) is 0.0398. The zero-order valence-electron chi connectivity index (χ0n) is 14.0. The third kappa shape index (κ3) is 3.25. The number of nitrogens with one attached hydrogen (secondary N) is 2. The van der Waals surface area contributed by atoms with Crippen LogP contribution in [0.1, 0.15) is 23.1 Å². The highest BCUT2D eigenvalue weighted by Gasteiger charge is 2.29. The van der Waals surface area contributed by atoms with Gasteiger partial charge in [-0.05, 0) is 49.6 Å². The minimum Gasteiger partial charge on any atom is -0.478 e. The lowest BCUT2D eigenvalue weighted by Gasteiger charge is -2.26. The Balaban J connectivity index is 1.71. The molecule has 2 amide bonds. The molecule has 0 saturated heterocycles. The highest BCUT2D eigenvalue weighted by Crippen LogP contribution is 2.31.